The summed E-state index contributed by atoms with van der Waals surface area (Å²) in [5.41, 5.74) is 7.07. The number of carbonyl (C=O) groups excluding carboxylic acids is 2. The second kappa shape index (κ2) is 7.23. The first-order valence-electron chi connectivity index (χ1n) is 9.18. The zero-order valence-corrected chi connectivity index (χ0v) is 16.0. The van der Waals surface area contributed by atoms with Gasteiger partial charge in [0.15, 0.2) is 0 Å². The van der Waals surface area contributed by atoms with Crippen molar-refractivity contribution in [2.45, 2.75) is 38.7 Å². The second-order valence-corrected chi connectivity index (χ2v) is 8.20. The van der Waals surface area contributed by atoms with Gasteiger partial charge in [-0.25, -0.2) is 4.79 Å². The van der Waals surface area contributed by atoms with E-state index in [1.165, 1.54) is 0 Å². The van der Waals surface area contributed by atoms with Crippen molar-refractivity contribution in [1.29, 1.82) is 0 Å². The Morgan fingerprint density at radius 2 is 2.04 bits per heavy atom. The molecule has 2 amide bonds. The van der Waals surface area contributed by atoms with E-state index in [9.17, 15) is 14.7 Å². The predicted octanol–water partition coefficient (Wildman–Crippen LogP) is 2.60. The molecule has 3 rings (SSSR count). The molecule has 1 unspecified atom stereocenters. The number of rotatable bonds is 3. The van der Waals surface area contributed by atoms with Crippen LogP contribution in [0.15, 0.2) is 24.4 Å². The lowest BCUT2D eigenvalue weighted by atomic mass is 9.83. The fourth-order valence-corrected chi connectivity index (χ4v) is 3.78. The molecule has 0 spiro atoms. The van der Waals surface area contributed by atoms with E-state index in [1.807, 2.05) is 32.9 Å². The molecule has 1 fully saturated rings. The Hall–Kier alpha value is -2.54. The van der Waals surface area contributed by atoms with Gasteiger partial charge in [0, 0.05) is 43.1 Å². The highest BCUT2D eigenvalue weighted by Gasteiger charge is 2.33. The van der Waals surface area contributed by atoms with Gasteiger partial charge >= 0.3 is 6.09 Å². The first kappa shape index (κ1) is 19.2. The molecular weight excluding hydrogens is 346 g/mol. The molecule has 27 heavy (non-hydrogen) atoms. The van der Waals surface area contributed by atoms with Crippen molar-refractivity contribution in [2.24, 2.45) is 11.7 Å². The molecule has 7 heteroatoms. The molecule has 1 aliphatic rings. The average Bonchev–Trinajstić information content (AvgIpc) is 3.08. The summed E-state index contributed by atoms with van der Waals surface area (Å²) in [5.74, 6) is -0.481. The van der Waals surface area contributed by atoms with Crippen molar-refractivity contribution in [3.8, 4) is 0 Å². The number of benzene rings is 1. The van der Waals surface area contributed by atoms with Crippen molar-refractivity contribution >= 4 is 22.9 Å². The molecule has 1 aliphatic heterocycles. The minimum Gasteiger partial charge on any atom is -0.444 e. The molecule has 1 saturated heterocycles. The quantitative estimate of drug-likeness (QED) is 0.768. The zero-order valence-electron chi connectivity index (χ0n) is 16.0. The van der Waals surface area contributed by atoms with Gasteiger partial charge in [0.2, 0.25) is 0 Å². The maximum Gasteiger partial charge on any atom is 0.410 e. The summed E-state index contributed by atoms with van der Waals surface area (Å²) in [4.78, 5) is 29.0. The number of hydrogen-bond donors (Lipinski definition) is 3. The molecule has 0 bridgehead atoms. The Labute approximate surface area is 158 Å². The molecule has 0 aliphatic carbocycles. The summed E-state index contributed by atoms with van der Waals surface area (Å²) in [6.07, 6.45) is 2.16. The van der Waals surface area contributed by atoms with Crippen molar-refractivity contribution in [2.75, 3.05) is 19.7 Å². The Bertz CT molecular complexity index is 853. The zero-order chi connectivity index (χ0) is 19.8. The van der Waals surface area contributed by atoms with Gasteiger partial charge in [-0.2, -0.15) is 0 Å². The summed E-state index contributed by atoms with van der Waals surface area (Å²) < 4.78 is 5.52. The van der Waals surface area contributed by atoms with E-state index >= 15 is 0 Å². The van der Waals surface area contributed by atoms with Gasteiger partial charge in [0.25, 0.3) is 5.91 Å². The maximum atomic E-state index is 12.6. The third-order valence-electron chi connectivity index (χ3n) is 4.91. The normalized spacial score (nSPS) is 20.7. The molecule has 0 saturated carbocycles. The number of primary amides is 1. The van der Waals surface area contributed by atoms with Crippen LogP contribution in [0.5, 0.6) is 0 Å². The van der Waals surface area contributed by atoms with Crippen LogP contribution < -0.4 is 5.73 Å². The molecular formula is C20H27N3O4. The summed E-state index contributed by atoms with van der Waals surface area (Å²) in [7, 11) is 0. The average molecular weight is 373 g/mol. The smallest absolute Gasteiger partial charge is 0.410 e. The minimum atomic E-state index is -0.574. The monoisotopic (exact) mass is 373 g/mol. The summed E-state index contributed by atoms with van der Waals surface area (Å²) >= 11 is 0. The molecule has 4 N–H and O–H groups in total. The Morgan fingerprint density at radius 3 is 2.67 bits per heavy atom. The lowest BCUT2D eigenvalue weighted by Gasteiger charge is -2.38. The van der Waals surface area contributed by atoms with Crippen LogP contribution in [0.4, 0.5) is 4.79 Å². The van der Waals surface area contributed by atoms with Gasteiger partial charge in [-0.3, -0.25) is 4.79 Å². The fraction of sp³-hybridized carbons (Fsp3) is 0.500. The lowest BCUT2D eigenvalue weighted by Crippen LogP contribution is -2.46. The number of piperidine rings is 1. The topological polar surface area (TPSA) is 109 Å². The first-order chi connectivity index (χ1) is 12.7. The van der Waals surface area contributed by atoms with Crippen LogP contribution in [0.25, 0.3) is 10.9 Å². The number of aromatic nitrogens is 1. The summed E-state index contributed by atoms with van der Waals surface area (Å²) in [6, 6.07) is 5.53. The summed E-state index contributed by atoms with van der Waals surface area (Å²) in [5, 5.41) is 10.6. The number of aliphatic hydroxyl groups excluding tert-OH is 1. The van der Waals surface area contributed by atoms with E-state index < -0.39 is 11.5 Å². The Kier molecular flexibility index (Phi) is 5.15. The van der Waals surface area contributed by atoms with E-state index in [2.05, 4.69) is 4.98 Å². The van der Waals surface area contributed by atoms with Crippen LogP contribution >= 0.6 is 0 Å². The molecule has 1 aromatic heterocycles. The van der Waals surface area contributed by atoms with Crippen molar-refractivity contribution < 1.29 is 19.4 Å². The number of carbonyl (C=O) groups is 2. The van der Waals surface area contributed by atoms with Crippen LogP contribution in [0, 0.1) is 5.92 Å². The number of ether oxygens (including phenoxy) is 1. The molecule has 7 nitrogen and oxygen atoms in total. The van der Waals surface area contributed by atoms with Gasteiger partial charge in [-0.05, 0) is 44.9 Å². The molecule has 2 heterocycles. The third-order valence-corrected chi connectivity index (χ3v) is 4.91. The number of nitrogens with one attached hydrogen (secondary N) is 1. The molecule has 1 aromatic carbocycles. The van der Waals surface area contributed by atoms with Crippen molar-refractivity contribution in [3.63, 3.8) is 0 Å². The van der Waals surface area contributed by atoms with Crippen LogP contribution in [0.3, 0.4) is 0 Å². The number of likely N-dealkylation sites (tertiary alicyclic amines) is 1. The van der Waals surface area contributed by atoms with Crippen molar-refractivity contribution in [3.05, 3.63) is 35.5 Å². The number of H-pyrrole nitrogens is 1. The van der Waals surface area contributed by atoms with E-state index in [0.717, 1.165) is 17.4 Å². The number of aliphatic hydroxyl groups is 1. The van der Waals surface area contributed by atoms with Crippen LogP contribution in [-0.2, 0) is 4.74 Å². The van der Waals surface area contributed by atoms with Gasteiger partial charge < -0.3 is 25.5 Å². The maximum absolute atomic E-state index is 12.6. The number of nitrogens with two attached hydrogens (primary N) is 1. The van der Waals surface area contributed by atoms with Gasteiger partial charge in [0.1, 0.15) is 5.60 Å². The highest BCUT2D eigenvalue weighted by Crippen LogP contribution is 2.35. The van der Waals surface area contributed by atoms with Crippen LogP contribution in [0.1, 0.15) is 49.0 Å². The molecule has 2 atom stereocenters. The minimum absolute atomic E-state index is 0.00540. The van der Waals surface area contributed by atoms with E-state index in [-0.39, 0.29) is 24.5 Å². The van der Waals surface area contributed by atoms with Crippen LogP contribution in [0.2, 0.25) is 0 Å². The lowest BCUT2D eigenvalue weighted by molar-refractivity contribution is 0.0103. The Morgan fingerprint density at radius 1 is 1.30 bits per heavy atom. The van der Waals surface area contributed by atoms with E-state index in [0.29, 0.717) is 24.2 Å². The van der Waals surface area contributed by atoms with Gasteiger partial charge in [0.05, 0.1) is 11.1 Å². The second-order valence-electron chi connectivity index (χ2n) is 8.20. The number of fused-ring (bicyclic) bond motifs is 1. The number of nitrogens with zero attached hydrogens (tertiary/aromatic N) is 1. The van der Waals surface area contributed by atoms with E-state index in [4.69, 9.17) is 10.5 Å². The standard InChI is InChI=1S/C20H27N3O4/c1-20(2,3)27-19(26)23-9-12(11-24)8-13(10-23)14-4-5-16(18(21)25)17-15(14)6-7-22-17/h4-7,12-13,22,24H,8-11H2,1-3H3,(H2,21,25)/t12-,13?/m1/s1. The highest BCUT2D eigenvalue weighted by atomic mass is 16.6. The van der Waals surface area contributed by atoms with Gasteiger partial charge in [-0.1, -0.05) is 6.07 Å². The molecule has 146 valence electrons. The largest absolute Gasteiger partial charge is 0.444 e. The highest BCUT2D eigenvalue weighted by molar-refractivity contribution is 6.05. The number of hydrogen-bond acceptors (Lipinski definition) is 4. The number of amides is 2. The summed E-state index contributed by atoms with van der Waals surface area (Å²) in [6.45, 7) is 6.48. The van der Waals surface area contributed by atoms with Crippen molar-refractivity contribution in [1.82, 2.24) is 9.88 Å². The third kappa shape index (κ3) is 4.08. The molecule has 0 radical (unpaired) electrons. The number of aromatic amines is 1. The fourth-order valence-electron chi connectivity index (χ4n) is 3.78. The molecule has 2 aromatic rings. The first-order valence-corrected chi connectivity index (χ1v) is 9.18. The van der Waals surface area contributed by atoms with E-state index in [1.54, 1.807) is 17.2 Å². The predicted molar refractivity (Wildman–Crippen MR) is 103 cm³/mol. The Balaban J connectivity index is 1.93. The van der Waals surface area contributed by atoms with Crippen LogP contribution in [-0.4, -0.2) is 52.3 Å². The SMILES string of the molecule is CC(C)(C)OC(=O)N1CC(c2ccc(C(N)=O)c3[nH]ccc23)C[C@@H](CO)C1. The van der Waals surface area contributed by atoms with Gasteiger partial charge in [-0.15, -0.1) is 0 Å².